The number of anilines is 2. The van der Waals surface area contributed by atoms with Gasteiger partial charge in [0.05, 0.1) is 84.4 Å². The van der Waals surface area contributed by atoms with Gasteiger partial charge in [-0.15, -0.1) is 0 Å². The maximum atomic E-state index is 13.5. The lowest BCUT2D eigenvalue weighted by molar-refractivity contribution is -0.181. The van der Waals surface area contributed by atoms with Crippen molar-refractivity contribution in [3.63, 3.8) is 0 Å². The standard InChI is InChI=1S/C40H62N6O7Si2.C31H55IN4O7Si2.C15H19BN2O2/c1-48-18-20-52-39(47)40(53-21-19-49-2)16-14-32(15-17-40)36-26-37(44(30-50-22-24-54(3,4)5)31-51-23-25-55(6,7)8)46-38(43-36)35(28-42-46)33-27-41-45(29-33)34-12-10-9-11-13-34;1-38-13-15-42-30(37)31(43-16-14-39-2)11-9-25(10-12-31)27-21-28(36-29(34-27)26(32)22-33-36)35(23-40-17-19-44(3,4)5)24-41-18-20-45(6,7)8;1-14(2)15(3,4)20-16(19-14)12-10-17-18(11-12)13-8-6-5-7-9-13/h9-13,26-29,32H,14-25,30-31H2,1-8H3;21-22,25H,9-20,23-24H2,1-8H3;5-11H,1-4H3. The third-order valence-corrected chi connectivity index (χ3v) is 29.7. The lowest BCUT2D eigenvalue weighted by Gasteiger charge is -2.38. The maximum absolute atomic E-state index is 13.5. The number of hydrogen-bond acceptors (Lipinski definition) is 24. The van der Waals surface area contributed by atoms with Gasteiger partial charge in [-0.3, -0.25) is 0 Å². The molecule has 28 nitrogen and oxygen atoms in total. The molecule has 1 saturated heterocycles. The van der Waals surface area contributed by atoms with Crippen LogP contribution in [-0.4, -0.2) is 257 Å². The minimum atomic E-state index is -1.30. The zero-order valence-corrected chi connectivity index (χ0v) is 81.4. The van der Waals surface area contributed by atoms with Crippen molar-refractivity contribution < 1.29 is 75.7 Å². The maximum Gasteiger partial charge on any atom is 0.498 e. The Morgan fingerprint density at radius 3 is 1.23 bits per heavy atom. The molecule has 0 atom stereocenters. The monoisotopic (exact) mass is 1840 g/mol. The summed E-state index contributed by atoms with van der Waals surface area (Å²) >= 11 is 2.30. The van der Waals surface area contributed by atoms with Crippen molar-refractivity contribution in [1.29, 1.82) is 0 Å². The fourth-order valence-corrected chi connectivity index (χ4v) is 17.3. The molecule has 0 amide bonds. The second-order valence-electron chi connectivity index (χ2n) is 37.2. The molecule has 662 valence electrons. The summed E-state index contributed by atoms with van der Waals surface area (Å²) in [7, 11) is 1.01. The molecule has 0 radical (unpaired) electrons. The minimum Gasteiger partial charge on any atom is -0.461 e. The van der Waals surface area contributed by atoms with Gasteiger partial charge in [0.2, 0.25) is 0 Å². The van der Waals surface area contributed by atoms with Crippen LogP contribution in [0.5, 0.6) is 0 Å². The summed E-state index contributed by atoms with van der Waals surface area (Å²) in [5.41, 5.74) is 5.44. The van der Waals surface area contributed by atoms with E-state index in [-0.39, 0.29) is 55.3 Å². The fourth-order valence-electron chi connectivity index (χ4n) is 13.8. The van der Waals surface area contributed by atoms with Gasteiger partial charge in [-0.1, -0.05) is 115 Å². The van der Waals surface area contributed by atoms with Gasteiger partial charge in [0.25, 0.3) is 0 Å². The summed E-state index contributed by atoms with van der Waals surface area (Å²) in [4.78, 5) is 41.4. The van der Waals surface area contributed by atoms with E-state index < -0.39 is 43.5 Å². The van der Waals surface area contributed by atoms with E-state index >= 15 is 0 Å². The Bertz CT molecular complexity index is 4360. The molecule has 0 spiro atoms. The van der Waals surface area contributed by atoms with Gasteiger partial charge in [-0.05, 0) is 150 Å². The Morgan fingerprint density at radius 1 is 0.467 bits per heavy atom. The highest BCUT2D eigenvalue weighted by Gasteiger charge is 2.53. The lowest BCUT2D eigenvalue weighted by atomic mass is 9.77. The van der Waals surface area contributed by atoms with E-state index in [9.17, 15) is 9.59 Å². The Hall–Kier alpha value is -6.18. The molecule has 7 heterocycles. The molecule has 120 heavy (non-hydrogen) atoms. The molecule has 11 rings (SSSR count). The van der Waals surface area contributed by atoms with Crippen molar-refractivity contribution >= 4 is 102 Å². The van der Waals surface area contributed by atoms with E-state index in [4.69, 9.17) is 81.2 Å². The molecule has 3 aliphatic rings. The van der Waals surface area contributed by atoms with E-state index in [2.05, 4.69) is 166 Å². The summed E-state index contributed by atoms with van der Waals surface area (Å²) in [6.07, 6.45) is 16.2. The molecule has 0 bridgehead atoms. The van der Waals surface area contributed by atoms with E-state index in [1.807, 2.05) is 110 Å². The molecule has 0 unspecified atom stereocenters. The lowest BCUT2D eigenvalue weighted by Crippen LogP contribution is -2.46. The van der Waals surface area contributed by atoms with Gasteiger partial charge in [-0.2, -0.15) is 29.4 Å². The molecular weight excluding hydrogens is 1710 g/mol. The van der Waals surface area contributed by atoms with Crippen LogP contribution in [0.1, 0.15) is 102 Å². The number of methoxy groups -OCH3 is 4. The predicted molar refractivity (Wildman–Crippen MR) is 491 cm³/mol. The normalized spacial score (nSPS) is 18.8. The van der Waals surface area contributed by atoms with Crippen LogP contribution in [-0.2, 0) is 75.7 Å². The molecule has 2 aromatic carbocycles. The number of para-hydroxylation sites is 2. The van der Waals surface area contributed by atoms with Crippen LogP contribution in [0.3, 0.4) is 0 Å². The van der Waals surface area contributed by atoms with Crippen molar-refractivity contribution in [2.75, 3.05) is 144 Å². The number of hydrogen-bond donors (Lipinski definition) is 0. The van der Waals surface area contributed by atoms with Crippen molar-refractivity contribution in [2.45, 2.75) is 216 Å². The minimum absolute atomic E-state index is 0.0620. The highest BCUT2D eigenvalue weighted by atomic mass is 127. The molecule has 8 aromatic rings. The van der Waals surface area contributed by atoms with Crippen LogP contribution in [0, 0.1) is 3.57 Å². The Balaban J connectivity index is 0.000000225. The Kier molecular flexibility index (Phi) is 36.7. The van der Waals surface area contributed by atoms with E-state index in [1.165, 1.54) is 0 Å². The van der Waals surface area contributed by atoms with Crippen LogP contribution in [0.4, 0.5) is 11.6 Å². The molecule has 0 N–H and O–H groups in total. The number of carbonyl (C=O) groups is 2. The van der Waals surface area contributed by atoms with Crippen LogP contribution in [0.25, 0.3) is 33.8 Å². The summed E-state index contributed by atoms with van der Waals surface area (Å²) in [5, 5.41) is 18.7. The highest BCUT2D eigenvalue weighted by molar-refractivity contribution is 14.1. The average Bonchev–Trinajstić information content (AvgIpc) is 1.65. The number of nitrogens with zero attached hydrogens (tertiary/aromatic N) is 12. The SMILES string of the molecule is CC1(C)OB(c2cnn(-c3ccccc3)c2)OC1(C)C.COCCOC(=O)C1(OCCOC)CCC(c2cc(N(COCC[Si](C)(C)C)COCC[Si](C)(C)C)n3ncc(-c4cnn(-c5ccccc5)c4)c3n2)CC1.COCCOC(=O)C1(OCCOC)CCC(c2cc(N(COCC[Si](C)(C)C)COCC[Si](C)(C)C)n3ncc(I)c3n2)CC1. The van der Waals surface area contributed by atoms with Gasteiger partial charge in [-0.25, -0.2) is 28.9 Å². The zero-order chi connectivity index (χ0) is 86.9. The van der Waals surface area contributed by atoms with Crippen LogP contribution >= 0.6 is 22.6 Å². The van der Waals surface area contributed by atoms with Crippen LogP contribution in [0.15, 0.2) is 110 Å². The first-order valence-electron chi connectivity index (χ1n) is 42.4. The largest absolute Gasteiger partial charge is 0.498 e. The number of rotatable bonds is 44. The second kappa shape index (κ2) is 45.1. The summed E-state index contributed by atoms with van der Waals surface area (Å²) in [5.74, 6) is 1.26. The van der Waals surface area contributed by atoms with Gasteiger partial charge in [0.15, 0.2) is 22.5 Å². The molecular formula is C86H136BIN12O16Si4. The van der Waals surface area contributed by atoms with Gasteiger partial charge in [0.1, 0.15) is 51.8 Å². The smallest absolute Gasteiger partial charge is 0.461 e. The van der Waals surface area contributed by atoms with Gasteiger partial charge >= 0.3 is 19.1 Å². The molecule has 2 saturated carbocycles. The first-order valence-corrected chi connectivity index (χ1v) is 58.3. The van der Waals surface area contributed by atoms with E-state index in [0.717, 1.165) is 103 Å². The number of carbonyl (C=O) groups excluding carboxylic acids is 2. The number of fused-ring (bicyclic) bond motifs is 2. The number of esters is 2. The Labute approximate surface area is 730 Å². The van der Waals surface area contributed by atoms with Crippen LogP contribution < -0.4 is 15.3 Å². The second-order valence-corrected chi connectivity index (χ2v) is 60.8. The number of ether oxygens (including phenoxy) is 12. The first kappa shape index (κ1) is 97.6. The molecule has 3 fully saturated rings. The number of halogens is 1. The molecule has 2 aliphatic carbocycles. The van der Waals surface area contributed by atoms with Gasteiger partial charge in [0, 0.05) is 158 Å². The number of benzene rings is 2. The summed E-state index contributed by atoms with van der Waals surface area (Å²) < 4.78 is 90.0. The Morgan fingerprint density at radius 2 is 0.833 bits per heavy atom. The van der Waals surface area contributed by atoms with E-state index in [1.54, 1.807) is 34.6 Å². The highest BCUT2D eigenvalue weighted by Crippen LogP contribution is 2.44. The van der Waals surface area contributed by atoms with Crippen molar-refractivity contribution in [2.24, 2.45) is 0 Å². The van der Waals surface area contributed by atoms with Gasteiger partial charge < -0.3 is 76.0 Å². The summed E-state index contributed by atoms with van der Waals surface area (Å²) in [6.45, 7) is 43.3. The van der Waals surface area contributed by atoms with Crippen molar-refractivity contribution in [3.05, 3.63) is 125 Å². The predicted octanol–water partition coefficient (Wildman–Crippen LogP) is 15.4. The third-order valence-electron chi connectivity index (χ3n) is 22.1. The summed E-state index contributed by atoms with van der Waals surface area (Å²) in [6, 6.07) is 28.6. The van der Waals surface area contributed by atoms with Crippen molar-refractivity contribution in [3.8, 4) is 22.5 Å². The topological polar surface area (TPSA) is 266 Å². The van der Waals surface area contributed by atoms with Crippen LogP contribution in [0.2, 0.25) is 103 Å². The average molecular weight is 1840 g/mol. The molecule has 6 aromatic heterocycles. The number of aromatic nitrogens is 10. The first-order chi connectivity index (χ1) is 57.0. The van der Waals surface area contributed by atoms with E-state index in [0.29, 0.717) is 132 Å². The fraction of sp³-hybridized carbons (Fsp3) is 0.628. The molecule has 34 heteroatoms. The quantitative estimate of drug-likeness (QED) is 0.0113. The third kappa shape index (κ3) is 28.7. The van der Waals surface area contributed by atoms with Crippen molar-refractivity contribution in [1.82, 2.24) is 48.8 Å². The zero-order valence-electron chi connectivity index (χ0n) is 75.2. The molecule has 1 aliphatic heterocycles.